The maximum atomic E-state index is 11.5. The molecule has 2 N–H and O–H groups in total. The van der Waals surface area contributed by atoms with Gasteiger partial charge in [0.15, 0.2) is 0 Å². The molecule has 0 bridgehead atoms. The third kappa shape index (κ3) is 2.91. The van der Waals surface area contributed by atoms with E-state index in [1.807, 2.05) is 13.1 Å². The van der Waals surface area contributed by atoms with Gasteiger partial charge in [0.2, 0.25) is 0 Å². The van der Waals surface area contributed by atoms with Gasteiger partial charge in [-0.1, -0.05) is 29.8 Å². The molecule has 1 aromatic carbocycles. The number of fused-ring (bicyclic) bond motifs is 1. The van der Waals surface area contributed by atoms with Crippen molar-refractivity contribution in [3.63, 3.8) is 0 Å². The van der Waals surface area contributed by atoms with E-state index in [4.69, 9.17) is 17.3 Å². The predicted octanol–water partition coefficient (Wildman–Crippen LogP) is 3.83. The fourth-order valence-electron chi connectivity index (χ4n) is 3.28. The Morgan fingerprint density at radius 1 is 1.27 bits per heavy atom. The molecular weight excluding hydrogens is 348 g/mol. The lowest BCUT2D eigenvalue weighted by atomic mass is 9.99. The Balaban J connectivity index is 1.93. The molecule has 5 nitrogen and oxygen atoms in total. The number of benzene rings is 1. The normalized spacial score (nSPS) is 16.5. The predicted molar refractivity (Wildman–Crippen MR) is 103 cm³/mol. The third-order valence-electron chi connectivity index (χ3n) is 4.55. The summed E-state index contributed by atoms with van der Waals surface area (Å²) in [5.41, 5.74) is 11.1. The number of carbonyl (C=O) groups is 1. The average Bonchev–Trinajstić information content (AvgIpc) is 2.84. The summed E-state index contributed by atoms with van der Waals surface area (Å²) in [6.45, 7) is 0. The van der Waals surface area contributed by atoms with Crippen LogP contribution in [0.3, 0.4) is 0 Å². The molecule has 1 amide bonds. The highest BCUT2D eigenvalue weighted by atomic mass is 35.5. The van der Waals surface area contributed by atoms with Crippen LogP contribution in [0.1, 0.15) is 28.9 Å². The fraction of sp³-hybridized carbons (Fsp3) is 0.150. The molecular formula is C20H17ClN4O. The highest BCUT2D eigenvalue weighted by molar-refractivity contribution is 6.31. The second kappa shape index (κ2) is 6.42. The van der Waals surface area contributed by atoms with Crippen molar-refractivity contribution in [2.45, 2.75) is 12.8 Å². The molecule has 0 atom stereocenters. The first-order chi connectivity index (χ1) is 12.5. The van der Waals surface area contributed by atoms with E-state index >= 15 is 0 Å². The number of carbonyl (C=O) groups excluding carboxylic acids is 1. The Kier molecular flexibility index (Phi) is 4.09. The van der Waals surface area contributed by atoms with Crippen LogP contribution in [0.4, 0.5) is 0 Å². The van der Waals surface area contributed by atoms with Crippen LogP contribution < -0.4 is 5.73 Å². The Hall–Kier alpha value is -2.92. The first-order valence-corrected chi connectivity index (χ1v) is 8.67. The molecule has 2 heterocycles. The van der Waals surface area contributed by atoms with Gasteiger partial charge >= 0.3 is 0 Å². The zero-order valence-corrected chi connectivity index (χ0v) is 15.0. The number of aromatic nitrogens is 2. The molecule has 0 spiro atoms. The van der Waals surface area contributed by atoms with Crippen molar-refractivity contribution in [3.8, 4) is 0 Å². The first-order valence-electron chi connectivity index (χ1n) is 8.29. The molecule has 0 saturated carbocycles. The van der Waals surface area contributed by atoms with E-state index in [1.165, 1.54) is 11.8 Å². The molecule has 0 unspecified atom stereocenters. The van der Waals surface area contributed by atoms with E-state index in [2.05, 4.69) is 45.4 Å². The van der Waals surface area contributed by atoms with E-state index in [0.29, 0.717) is 16.1 Å². The standard InChI is InChI=1S/C20H17ClN4O/c1-25-7-3-6-12-4-2-5-13(8-18(12)25)15-9-14(21)10-16-19(15)24-17(11-23-16)20(22)26/h2-4,7-11H,5-6H2,1H3,(H2,22,26). The lowest BCUT2D eigenvalue weighted by Crippen LogP contribution is -2.14. The van der Waals surface area contributed by atoms with Crippen molar-refractivity contribution in [2.24, 2.45) is 5.73 Å². The van der Waals surface area contributed by atoms with Gasteiger partial charge in [-0.3, -0.25) is 9.78 Å². The summed E-state index contributed by atoms with van der Waals surface area (Å²) >= 11 is 6.31. The van der Waals surface area contributed by atoms with Gasteiger partial charge in [0.25, 0.3) is 5.91 Å². The van der Waals surface area contributed by atoms with Crippen molar-refractivity contribution in [1.29, 1.82) is 0 Å². The number of nitrogens with two attached hydrogens (primary N) is 1. The number of halogens is 1. The second-order valence-corrected chi connectivity index (χ2v) is 6.76. The first kappa shape index (κ1) is 16.5. The molecule has 4 rings (SSSR count). The summed E-state index contributed by atoms with van der Waals surface area (Å²) in [5.74, 6) is -0.600. The lowest BCUT2D eigenvalue weighted by molar-refractivity contribution is 0.0995. The van der Waals surface area contributed by atoms with Crippen molar-refractivity contribution < 1.29 is 4.79 Å². The molecule has 1 aliphatic carbocycles. The molecule has 0 saturated heterocycles. The molecule has 26 heavy (non-hydrogen) atoms. The number of primary amides is 1. The van der Waals surface area contributed by atoms with Crippen LogP contribution in [-0.4, -0.2) is 27.8 Å². The molecule has 2 aromatic rings. The molecule has 1 aliphatic heterocycles. The Morgan fingerprint density at radius 3 is 2.92 bits per heavy atom. The minimum absolute atomic E-state index is 0.142. The smallest absolute Gasteiger partial charge is 0.268 e. The number of amides is 1. The summed E-state index contributed by atoms with van der Waals surface area (Å²) in [5, 5.41) is 0.578. The van der Waals surface area contributed by atoms with Crippen LogP contribution in [0.2, 0.25) is 5.02 Å². The van der Waals surface area contributed by atoms with Crippen LogP contribution in [0.15, 0.2) is 60.1 Å². The maximum absolute atomic E-state index is 11.5. The highest BCUT2D eigenvalue weighted by Crippen LogP contribution is 2.34. The molecule has 0 fully saturated rings. The van der Waals surface area contributed by atoms with Crippen LogP contribution in [0, 0.1) is 0 Å². The van der Waals surface area contributed by atoms with Gasteiger partial charge in [0.1, 0.15) is 5.69 Å². The van der Waals surface area contributed by atoms with E-state index in [1.54, 1.807) is 6.07 Å². The third-order valence-corrected chi connectivity index (χ3v) is 4.77. The maximum Gasteiger partial charge on any atom is 0.268 e. The summed E-state index contributed by atoms with van der Waals surface area (Å²) in [6, 6.07) is 3.61. The Labute approximate surface area is 156 Å². The number of nitrogens with zero attached hydrogens (tertiary/aromatic N) is 3. The van der Waals surface area contributed by atoms with Crippen molar-refractivity contribution >= 4 is 34.1 Å². The minimum Gasteiger partial charge on any atom is -0.364 e. The van der Waals surface area contributed by atoms with Crippen molar-refractivity contribution in [1.82, 2.24) is 14.9 Å². The van der Waals surface area contributed by atoms with E-state index in [9.17, 15) is 4.79 Å². The fourth-order valence-corrected chi connectivity index (χ4v) is 3.49. The van der Waals surface area contributed by atoms with E-state index < -0.39 is 5.91 Å². The summed E-state index contributed by atoms with van der Waals surface area (Å²) in [4.78, 5) is 22.4. The van der Waals surface area contributed by atoms with Crippen molar-refractivity contribution in [2.75, 3.05) is 7.05 Å². The number of likely N-dealkylation sites (N-methyl/N-ethyl adjacent to an activating group) is 1. The largest absolute Gasteiger partial charge is 0.364 e. The topological polar surface area (TPSA) is 72.1 Å². The van der Waals surface area contributed by atoms with Gasteiger partial charge in [-0.15, -0.1) is 0 Å². The Bertz CT molecular complexity index is 1050. The molecule has 130 valence electrons. The quantitative estimate of drug-likeness (QED) is 0.879. The van der Waals surface area contributed by atoms with Gasteiger partial charge < -0.3 is 10.6 Å². The molecule has 0 radical (unpaired) electrons. The SMILES string of the molecule is CN1C=CCC2=C1C=C(c1cc(Cl)cc3ncc(C(N)=O)nc13)CC=C2. The van der Waals surface area contributed by atoms with E-state index in [-0.39, 0.29) is 5.69 Å². The van der Waals surface area contributed by atoms with Crippen LogP contribution in [-0.2, 0) is 0 Å². The number of rotatable bonds is 2. The Morgan fingerprint density at radius 2 is 2.12 bits per heavy atom. The van der Waals surface area contributed by atoms with Crippen molar-refractivity contribution in [3.05, 3.63) is 76.4 Å². The van der Waals surface area contributed by atoms with Crippen LogP contribution in [0.5, 0.6) is 0 Å². The van der Waals surface area contributed by atoms with Gasteiger partial charge in [-0.25, -0.2) is 4.98 Å². The zero-order chi connectivity index (χ0) is 18.3. The number of allylic oxidation sites excluding steroid dienone is 6. The van der Waals surface area contributed by atoms with Gasteiger partial charge in [-0.2, -0.15) is 0 Å². The number of hydrogen-bond acceptors (Lipinski definition) is 4. The van der Waals surface area contributed by atoms with Crippen LogP contribution >= 0.6 is 11.6 Å². The minimum atomic E-state index is -0.600. The second-order valence-electron chi connectivity index (χ2n) is 6.33. The molecule has 1 aromatic heterocycles. The van der Waals surface area contributed by atoms with Gasteiger partial charge in [-0.05, 0) is 42.2 Å². The van der Waals surface area contributed by atoms with Crippen LogP contribution in [0.25, 0.3) is 16.6 Å². The van der Waals surface area contributed by atoms with E-state index in [0.717, 1.165) is 29.7 Å². The number of hydrogen-bond donors (Lipinski definition) is 1. The molecule has 2 aliphatic rings. The molecule has 6 heteroatoms. The van der Waals surface area contributed by atoms with Gasteiger partial charge in [0, 0.05) is 29.5 Å². The highest BCUT2D eigenvalue weighted by Gasteiger charge is 2.17. The summed E-state index contributed by atoms with van der Waals surface area (Å²) in [7, 11) is 2.03. The zero-order valence-electron chi connectivity index (χ0n) is 14.2. The lowest BCUT2D eigenvalue weighted by Gasteiger charge is -2.22. The monoisotopic (exact) mass is 364 g/mol. The average molecular weight is 365 g/mol. The summed E-state index contributed by atoms with van der Waals surface area (Å²) in [6.07, 6.45) is 13.7. The summed E-state index contributed by atoms with van der Waals surface area (Å²) < 4.78 is 0. The van der Waals surface area contributed by atoms with Gasteiger partial charge in [0.05, 0.1) is 17.2 Å².